The number of Topliss-reactive ketones (excluding diaryl/α,β-unsaturated/α-hetero) is 1. The Kier molecular flexibility index (Phi) is 3.31. The topological polar surface area (TPSA) is 40.5 Å². The van der Waals surface area contributed by atoms with Crippen molar-refractivity contribution >= 4 is 11.4 Å². The molecule has 0 spiro atoms. The van der Waals surface area contributed by atoms with E-state index >= 15 is 0 Å². The number of carbonyl (C=O) groups excluding carboxylic acids is 1. The lowest BCUT2D eigenvalue weighted by Crippen LogP contribution is -2.43. The number of hydrogen-bond donors (Lipinski definition) is 1. The number of benzene rings is 1. The van der Waals surface area contributed by atoms with Crippen LogP contribution >= 0.6 is 0 Å². The summed E-state index contributed by atoms with van der Waals surface area (Å²) in [6.45, 7) is -0.0853. The van der Waals surface area contributed by atoms with Gasteiger partial charge in [-0.3, -0.25) is 4.79 Å². The molecule has 0 aromatic heterocycles. The first-order chi connectivity index (χ1) is 10.8. The first-order valence-corrected chi connectivity index (χ1v) is 6.71. The molecule has 1 heterocycles. The van der Waals surface area contributed by atoms with Gasteiger partial charge in [0.25, 0.3) is 5.78 Å². The van der Waals surface area contributed by atoms with Crippen molar-refractivity contribution in [1.29, 1.82) is 0 Å². The Morgan fingerprint density at radius 3 is 2.17 bits per heavy atom. The van der Waals surface area contributed by atoms with Gasteiger partial charge in [0.2, 0.25) is 0 Å². The summed E-state index contributed by atoms with van der Waals surface area (Å²) in [5, 5.41) is 9.39. The zero-order valence-corrected chi connectivity index (χ0v) is 11.6. The molecule has 7 heteroatoms. The average molecular weight is 325 g/mol. The third-order valence-corrected chi connectivity index (χ3v) is 3.75. The number of carbonyl (C=O) groups is 1. The molecule has 0 fully saturated rings. The van der Waals surface area contributed by atoms with Gasteiger partial charge in [0, 0.05) is 12.7 Å². The van der Waals surface area contributed by atoms with Crippen LogP contribution in [-0.2, 0) is 4.79 Å². The minimum Gasteiger partial charge on any atom is -0.505 e. The molecule has 1 aromatic carbocycles. The van der Waals surface area contributed by atoms with Crippen molar-refractivity contribution in [3.05, 3.63) is 65.7 Å². The standard InChI is InChI=1S/C16H11F4NO2/c17-15(18)13(22)12(14(23)16(15,19)20)21-8-6-11(7-9-21)10-4-2-1-3-5-10/h1-8,22H,9H2. The van der Waals surface area contributed by atoms with E-state index in [1.54, 1.807) is 6.08 Å². The summed E-state index contributed by atoms with van der Waals surface area (Å²) in [7, 11) is 0. The molecule has 1 aliphatic carbocycles. The molecule has 1 aliphatic heterocycles. The van der Waals surface area contributed by atoms with Gasteiger partial charge in [-0.25, -0.2) is 0 Å². The zero-order chi connectivity index (χ0) is 16.8. The van der Waals surface area contributed by atoms with Crippen LogP contribution in [0.25, 0.3) is 5.57 Å². The van der Waals surface area contributed by atoms with Crippen LogP contribution < -0.4 is 0 Å². The number of allylic oxidation sites excluding steroid dienone is 4. The highest BCUT2D eigenvalue weighted by Gasteiger charge is 2.72. The lowest BCUT2D eigenvalue weighted by molar-refractivity contribution is -0.190. The maximum atomic E-state index is 13.4. The smallest absolute Gasteiger partial charge is 0.380 e. The molecule has 0 saturated carbocycles. The minimum atomic E-state index is -4.94. The normalized spacial score (nSPS) is 22.5. The zero-order valence-electron chi connectivity index (χ0n) is 11.6. The molecule has 0 saturated heterocycles. The van der Waals surface area contributed by atoms with Crippen molar-refractivity contribution in [2.75, 3.05) is 6.54 Å². The Bertz CT molecular complexity index is 751. The quantitative estimate of drug-likeness (QED) is 0.846. The Hall–Kier alpha value is -2.57. The van der Waals surface area contributed by atoms with Gasteiger partial charge in [0.15, 0.2) is 5.76 Å². The van der Waals surface area contributed by atoms with Crippen LogP contribution in [0.15, 0.2) is 60.1 Å². The summed E-state index contributed by atoms with van der Waals surface area (Å²) < 4.78 is 53.4. The van der Waals surface area contributed by atoms with Crippen LogP contribution in [0.5, 0.6) is 0 Å². The third kappa shape index (κ3) is 2.15. The van der Waals surface area contributed by atoms with Crippen LogP contribution in [0.3, 0.4) is 0 Å². The van der Waals surface area contributed by atoms with Gasteiger partial charge >= 0.3 is 11.8 Å². The van der Waals surface area contributed by atoms with Gasteiger partial charge in [0.1, 0.15) is 5.70 Å². The molecule has 2 aliphatic rings. The fraction of sp³-hybridized carbons (Fsp3) is 0.188. The van der Waals surface area contributed by atoms with Gasteiger partial charge in [-0.1, -0.05) is 36.4 Å². The van der Waals surface area contributed by atoms with Crippen LogP contribution in [0.1, 0.15) is 5.56 Å². The van der Waals surface area contributed by atoms with Crippen molar-refractivity contribution in [3.8, 4) is 0 Å². The number of halogens is 4. The Morgan fingerprint density at radius 1 is 1.04 bits per heavy atom. The number of ketones is 1. The monoisotopic (exact) mass is 325 g/mol. The minimum absolute atomic E-state index is 0.0853. The van der Waals surface area contributed by atoms with Gasteiger partial charge in [-0.05, 0) is 17.2 Å². The van der Waals surface area contributed by atoms with Crippen molar-refractivity contribution in [2.24, 2.45) is 0 Å². The highest BCUT2D eigenvalue weighted by atomic mass is 19.3. The molecule has 1 N–H and O–H groups in total. The van der Waals surface area contributed by atoms with Crippen LogP contribution in [0.4, 0.5) is 17.6 Å². The molecule has 0 amide bonds. The summed E-state index contributed by atoms with van der Waals surface area (Å²) in [5.41, 5.74) is 0.542. The fourth-order valence-corrected chi connectivity index (χ4v) is 2.47. The van der Waals surface area contributed by atoms with Gasteiger partial charge in [-0.2, -0.15) is 17.6 Å². The Morgan fingerprint density at radius 2 is 1.70 bits per heavy atom. The van der Waals surface area contributed by atoms with E-state index in [1.165, 1.54) is 12.3 Å². The Labute approximate surface area is 128 Å². The second kappa shape index (κ2) is 4.97. The second-order valence-electron chi connectivity index (χ2n) is 5.17. The van der Waals surface area contributed by atoms with E-state index in [9.17, 15) is 27.5 Å². The van der Waals surface area contributed by atoms with E-state index in [0.29, 0.717) is 0 Å². The molecule has 120 valence electrons. The maximum absolute atomic E-state index is 13.4. The maximum Gasteiger partial charge on any atom is 0.380 e. The summed E-state index contributed by atoms with van der Waals surface area (Å²) in [5.74, 6) is -13.8. The van der Waals surface area contributed by atoms with Crippen LogP contribution in [0.2, 0.25) is 0 Å². The highest BCUT2D eigenvalue weighted by Crippen LogP contribution is 2.48. The van der Waals surface area contributed by atoms with Crippen molar-refractivity contribution in [1.82, 2.24) is 4.90 Å². The molecule has 3 nitrogen and oxygen atoms in total. The number of nitrogens with zero attached hydrogens (tertiary/aromatic N) is 1. The first-order valence-electron chi connectivity index (χ1n) is 6.71. The summed E-state index contributed by atoms with van der Waals surface area (Å²) >= 11 is 0. The summed E-state index contributed by atoms with van der Waals surface area (Å²) in [6, 6.07) is 9.10. The molecule has 0 unspecified atom stereocenters. The summed E-state index contributed by atoms with van der Waals surface area (Å²) in [6.07, 6.45) is 4.32. The van der Waals surface area contributed by atoms with Crippen LogP contribution in [0, 0.1) is 0 Å². The van der Waals surface area contributed by atoms with Gasteiger partial charge in [0.05, 0.1) is 0 Å². The molecule has 0 radical (unpaired) electrons. The van der Waals surface area contributed by atoms with Crippen molar-refractivity contribution in [2.45, 2.75) is 11.8 Å². The first kappa shape index (κ1) is 15.3. The van der Waals surface area contributed by atoms with Crippen molar-refractivity contribution in [3.63, 3.8) is 0 Å². The number of hydrogen-bond acceptors (Lipinski definition) is 3. The third-order valence-electron chi connectivity index (χ3n) is 3.75. The molecule has 3 rings (SSSR count). The number of alkyl halides is 4. The van der Waals surface area contributed by atoms with E-state index in [0.717, 1.165) is 16.0 Å². The fourth-order valence-electron chi connectivity index (χ4n) is 2.47. The largest absolute Gasteiger partial charge is 0.505 e. The van der Waals surface area contributed by atoms with E-state index in [2.05, 4.69) is 0 Å². The van der Waals surface area contributed by atoms with E-state index in [-0.39, 0.29) is 6.54 Å². The lowest BCUT2D eigenvalue weighted by Gasteiger charge is -2.23. The highest BCUT2D eigenvalue weighted by molar-refractivity contribution is 6.05. The molecule has 0 atom stereocenters. The van der Waals surface area contributed by atoms with Gasteiger partial charge < -0.3 is 10.0 Å². The lowest BCUT2D eigenvalue weighted by atomic mass is 10.0. The Balaban J connectivity index is 1.89. The number of aliphatic hydroxyl groups excluding tert-OH is 1. The summed E-state index contributed by atoms with van der Waals surface area (Å²) in [4.78, 5) is 12.4. The predicted octanol–water partition coefficient (Wildman–Crippen LogP) is 3.52. The molecule has 0 bridgehead atoms. The number of rotatable bonds is 2. The molecule has 23 heavy (non-hydrogen) atoms. The van der Waals surface area contributed by atoms with Crippen molar-refractivity contribution < 1.29 is 27.5 Å². The van der Waals surface area contributed by atoms with E-state index < -0.39 is 29.1 Å². The SMILES string of the molecule is O=C1C(N2C=CC(c3ccccc3)=CC2)=C(O)C(F)(F)C1(F)F. The van der Waals surface area contributed by atoms with Gasteiger partial charge in [-0.15, -0.1) is 0 Å². The molecule has 1 aromatic rings. The molecular weight excluding hydrogens is 314 g/mol. The van der Waals surface area contributed by atoms with E-state index in [1.807, 2.05) is 30.3 Å². The number of aliphatic hydroxyl groups is 1. The van der Waals surface area contributed by atoms with E-state index in [4.69, 9.17) is 0 Å². The predicted molar refractivity (Wildman–Crippen MR) is 74.8 cm³/mol. The second-order valence-corrected chi connectivity index (χ2v) is 5.17. The van der Waals surface area contributed by atoms with Crippen LogP contribution in [-0.4, -0.2) is 34.2 Å². The molecular formula is C16H11F4NO2. The average Bonchev–Trinajstić information content (AvgIpc) is 2.66.